The summed E-state index contributed by atoms with van der Waals surface area (Å²) in [7, 11) is 3.70. The molecule has 0 aliphatic heterocycles. The molecule has 4 nitrogen and oxygen atoms in total. The van der Waals surface area contributed by atoms with E-state index in [-0.39, 0.29) is 5.56 Å². The third kappa shape index (κ3) is 2.23. The number of aromatic nitrogens is 2. The first kappa shape index (κ1) is 12.6. The minimum Gasteiger partial charge on any atom is -0.358 e. The van der Waals surface area contributed by atoms with Crippen molar-refractivity contribution in [1.29, 1.82) is 0 Å². The summed E-state index contributed by atoms with van der Waals surface area (Å²) in [6.07, 6.45) is 2.07. The SMILES string of the molecule is CCCCn1c(=O)c(N(C)C)nc2ccccc21. The van der Waals surface area contributed by atoms with Crippen molar-refractivity contribution in [2.75, 3.05) is 19.0 Å². The van der Waals surface area contributed by atoms with E-state index in [9.17, 15) is 4.79 Å². The van der Waals surface area contributed by atoms with E-state index in [1.807, 2.05) is 42.9 Å². The number of hydrogen-bond donors (Lipinski definition) is 0. The number of nitrogens with zero attached hydrogens (tertiary/aromatic N) is 3. The summed E-state index contributed by atoms with van der Waals surface area (Å²) in [5.74, 6) is 0.504. The van der Waals surface area contributed by atoms with Gasteiger partial charge < -0.3 is 9.47 Å². The Bertz CT molecular complexity index is 602. The Labute approximate surface area is 107 Å². The van der Waals surface area contributed by atoms with Crippen LogP contribution >= 0.6 is 0 Å². The second kappa shape index (κ2) is 5.21. The van der Waals surface area contributed by atoms with Crippen LogP contribution < -0.4 is 10.5 Å². The van der Waals surface area contributed by atoms with Gasteiger partial charge in [0, 0.05) is 20.6 Å². The molecule has 0 spiro atoms. The number of hydrogen-bond acceptors (Lipinski definition) is 3. The van der Waals surface area contributed by atoms with Gasteiger partial charge in [-0.3, -0.25) is 4.79 Å². The standard InChI is InChI=1S/C14H19N3O/c1-4-5-10-17-12-9-7-6-8-11(12)15-13(14(17)18)16(2)3/h6-9H,4-5,10H2,1-3H3. The molecule has 1 heterocycles. The Morgan fingerprint density at radius 3 is 2.67 bits per heavy atom. The van der Waals surface area contributed by atoms with E-state index in [0.717, 1.165) is 30.4 Å². The van der Waals surface area contributed by atoms with Gasteiger partial charge >= 0.3 is 0 Å². The Kier molecular flexibility index (Phi) is 3.65. The highest BCUT2D eigenvalue weighted by atomic mass is 16.1. The molecule has 0 aliphatic rings. The Morgan fingerprint density at radius 2 is 2.00 bits per heavy atom. The lowest BCUT2D eigenvalue weighted by molar-refractivity contribution is 0.628. The van der Waals surface area contributed by atoms with Gasteiger partial charge in [0.15, 0.2) is 5.82 Å². The first-order chi connectivity index (χ1) is 8.65. The van der Waals surface area contributed by atoms with Gasteiger partial charge in [0.25, 0.3) is 5.56 Å². The average molecular weight is 245 g/mol. The highest BCUT2D eigenvalue weighted by Gasteiger charge is 2.11. The van der Waals surface area contributed by atoms with Gasteiger partial charge in [-0.1, -0.05) is 25.5 Å². The number of unbranched alkanes of at least 4 members (excludes halogenated alkanes) is 1. The summed E-state index contributed by atoms with van der Waals surface area (Å²) < 4.78 is 1.83. The second-order valence-electron chi connectivity index (χ2n) is 4.63. The normalized spacial score (nSPS) is 10.8. The maximum Gasteiger partial charge on any atom is 0.293 e. The van der Waals surface area contributed by atoms with Gasteiger partial charge in [-0.05, 0) is 18.6 Å². The second-order valence-corrected chi connectivity index (χ2v) is 4.63. The summed E-state index contributed by atoms with van der Waals surface area (Å²) >= 11 is 0. The number of aryl methyl sites for hydroxylation is 1. The Hall–Kier alpha value is -1.84. The van der Waals surface area contributed by atoms with E-state index in [0.29, 0.717) is 5.82 Å². The molecule has 0 radical (unpaired) electrons. The molecule has 4 heteroatoms. The fourth-order valence-corrected chi connectivity index (χ4v) is 2.01. The number of benzene rings is 1. The monoisotopic (exact) mass is 245 g/mol. The predicted octanol–water partition coefficient (Wildman–Crippen LogP) is 2.26. The molecule has 0 saturated carbocycles. The lowest BCUT2D eigenvalue weighted by Crippen LogP contribution is -2.29. The van der Waals surface area contributed by atoms with E-state index in [1.54, 1.807) is 4.90 Å². The minimum absolute atomic E-state index is 0.00727. The molecule has 0 bridgehead atoms. The average Bonchev–Trinajstić information content (AvgIpc) is 2.37. The lowest BCUT2D eigenvalue weighted by Gasteiger charge is -2.15. The zero-order valence-corrected chi connectivity index (χ0v) is 11.2. The summed E-state index contributed by atoms with van der Waals surface area (Å²) in [6, 6.07) is 7.80. The van der Waals surface area contributed by atoms with Crippen LogP contribution in [0.5, 0.6) is 0 Å². The Morgan fingerprint density at radius 1 is 1.28 bits per heavy atom. The van der Waals surface area contributed by atoms with Gasteiger partial charge in [0.1, 0.15) is 0 Å². The highest BCUT2D eigenvalue weighted by molar-refractivity contribution is 5.76. The largest absolute Gasteiger partial charge is 0.358 e. The first-order valence-electron chi connectivity index (χ1n) is 6.32. The fraction of sp³-hybridized carbons (Fsp3) is 0.429. The molecule has 1 aromatic heterocycles. The molecule has 0 unspecified atom stereocenters. The molecule has 0 saturated heterocycles. The molecule has 0 amide bonds. The summed E-state index contributed by atoms with van der Waals surface area (Å²) in [4.78, 5) is 18.6. The van der Waals surface area contributed by atoms with Crippen LogP contribution in [0, 0.1) is 0 Å². The van der Waals surface area contributed by atoms with Crippen molar-refractivity contribution >= 4 is 16.9 Å². The zero-order chi connectivity index (χ0) is 13.1. The third-order valence-corrected chi connectivity index (χ3v) is 2.99. The van der Waals surface area contributed by atoms with E-state index in [1.165, 1.54) is 0 Å². The van der Waals surface area contributed by atoms with Gasteiger partial charge in [0.2, 0.25) is 0 Å². The molecule has 0 fully saturated rings. The van der Waals surface area contributed by atoms with Gasteiger partial charge in [-0.25, -0.2) is 4.98 Å². The zero-order valence-electron chi connectivity index (χ0n) is 11.2. The predicted molar refractivity (Wildman–Crippen MR) is 75.2 cm³/mol. The molecule has 96 valence electrons. The molecule has 18 heavy (non-hydrogen) atoms. The van der Waals surface area contributed by atoms with Crippen molar-refractivity contribution in [3.63, 3.8) is 0 Å². The van der Waals surface area contributed by atoms with Crippen LogP contribution in [0.15, 0.2) is 29.1 Å². The molecule has 2 aromatic rings. The van der Waals surface area contributed by atoms with Crippen LogP contribution in [-0.4, -0.2) is 23.6 Å². The van der Waals surface area contributed by atoms with E-state index < -0.39 is 0 Å². The van der Waals surface area contributed by atoms with Crippen molar-refractivity contribution in [3.8, 4) is 0 Å². The van der Waals surface area contributed by atoms with Gasteiger partial charge in [0.05, 0.1) is 11.0 Å². The van der Waals surface area contributed by atoms with Crippen LogP contribution in [0.4, 0.5) is 5.82 Å². The van der Waals surface area contributed by atoms with Crippen LogP contribution in [0.25, 0.3) is 11.0 Å². The molecule has 1 aromatic carbocycles. The van der Waals surface area contributed by atoms with Crippen LogP contribution in [0.2, 0.25) is 0 Å². The maximum absolute atomic E-state index is 12.4. The van der Waals surface area contributed by atoms with Crippen molar-refractivity contribution in [2.24, 2.45) is 0 Å². The molecular formula is C14H19N3O. The fourth-order valence-electron chi connectivity index (χ4n) is 2.01. The third-order valence-electron chi connectivity index (χ3n) is 2.99. The molecule has 0 aliphatic carbocycles. The summed E-state index contributed by atoms with van der Waals surface area (Å²) in [5.41, 5.74) is 1.78. The Balaban J connectivity index is 2.69. The molecule has 2 rings (SSSR count). The van der Waals surface area contributed by atoms with Crippen LogP contribution in [0.3, 0.4) is 0 Å². The van der Waals surface area contributed by atoms with Crippen molar-refractivity contribution in [2.45, 2.75) is 26.3 Å². The van der Waals surface area contributed by atoms with Crippen LogP contribution in [-0.2, 0) is 6.54 Å². The smallest absolute Gasteiger partial charge is 0.293 e. The topological polar surface area (TPSA) is 38.1 Å². The number of anilines is 1. The maximum atomic E-state index is 12.4. The summed E-state index contributed by atoms with van der Waals surface area (Å²) in [6.45, 7) is 2.88. The molecule has 0 N–H and O–H groups in total. The van der Waals surface area contributed by atoms with Crippen molar-refractivity contribution < 1.29 is 0 Å². The van der Waals surface area contributed by atoms with E-state index in [4.69, 9.17) is 0 Å². The number of rotatable bonds is 4. The van der Waals surface area contributed by atoms with Gasteiger partial charge in [-0.2, -0.15) is 0 Å². The first-order valence-corrected chi connectivity index (χ1v) is 6.32. The van der Waals surface area contributed by atoms with Crippen molar-refractivity contribution in [1.82, 2.24) is 9.55 Å². The highest BCUT2D eigenvalue weighted by Crippen LogP contribution is 2.13. The van der Waals surface area contributed by atoms with Crippen LogP contribution in [0.1, 0.15) is 19.8 Å². The van der Waals surface area contributed by atoms with E-state index in [2.05, 4.69) is 11.9 Å². The molecule has 0 atom stereocenters. The number of fused-ring (bicyclic) bond motifs is 1. The van der Waals surface area contributed by atoms with Gasteiger partial charge in [-0.15, -0.1) is 0 Å². The lowest BCUT2D eigenvalue weighted by atomic mass is 10.2. The van der Waals surface area contributed by atoms with E-state index >= 15 is 0 Å². The molecular weight excluding hydrogens is 226 g/mol. The quantitative estimate of drug-likeness (QED) is 0.829. The minimum atomic E-state index is -0.00727. The number of para-hydroxylation sites is 2. The summed E-state index contributed by atoms with van der Waals surface area (Å²) in [5, 5.41) is 0. The van der Waals surface area contributed by atoms with Crippen molar-refractivity contribution in [3.05, 3.63) is 34.6 Å².